The van der Waals surface area contributed by atoms with Crippen molar-refractivity contribution < 1.29 is 4.79 Å². The third kappa shape index (κ3) is 3.62. The lowest BCUT2D eigenvalue weighted by atomic mass is 10.3. The lowest BCUT2D eigenvalue weighted by molar-refractivity contribution is -0.118. The van der Waals surface area contributed by atoms with Crippen LogP contribution in [0.5, 0.6) is 0 Å². The Morgan fingerprint density at radius 3 is 2.55 bits per heavy atom. The first-order valence-electron chi connectivity index (χ1n) is 9.03. The molecular formula is C17H18N10O3S. The molecule has 0 aliphatic rings. The van der Waals surface area contributed by atoms with Crippen LogP contribution in [0.4, 0.5) is 0 Å². The lowest BCUT2D eigenvalue weighted by Gasteiger charge is -2.10. The monoisotopic (exact) mass is 442 g/mol. The van der Waals surface area contributed by atoms with Gasteiger partial charge in [0.05, 0.1) is 5.75 Å². The molecule has 0 radical (unpaired) electrons. The number of para-hydroxylation sites is 1. The van der Waals surface area contributed by atoms with Gasteiger partial charge in [0.1, 0.15) is 6.54 Å². The molecule has 0 bridgehead atoms. The number of nitrogens with one attached hydrogen (secondary N) is 1. The van der Waals surface area contributed by atoms with Crippen molar-refractivity contribution in [2.45, 2.75) is 11.7 Å². The number of nitrogens with two attached hydrogens (primary N) is 1. The van der Waals surface area contributed by atoms with E-state index < -0.39 is 11.2 Å². The maximum atomic E-state index is 12.7. The summed E-state index contributed by atoms with van der Waals surface area (Å²) in [5.74, 6) is 5.31. The van der Waals surface area contributed by atoms with Gasteiger partial charge in [-0.15, -0.1) is 15.3 Å². The Kier molecular flexibility index (Phi) is 5.39. The maximum Gasteiger partial charge on any atom is 0.332 e. The summed E-state index contributed by atoms with van der Waals surface area (Å²) in [4.78, 5) is 36.4. The van der Waals surface area contributed by atoms with Crippen molar-refractivity contribution in [1.82, 2.24) is 44.3 Å². The predicted molar refractivity (Wildman–Crippen MR) is 112 cm³/mol. The minimum absolute atomic E-state index is 0.0520. The van der Waals surface area contributed by atoms with Crippen LogP contribution in [-0.4, -0.2) is 50.6 Å². The van der Waals surface area contributed by atoms with E-state index in [1.807, 2.05) is 30.3 Å². The van der Waals surface area contributed by atoms with Gasteiger partial charge >= 0.3 is 5.69 Å². The average molecular weight is 442 g/mol. The fourth-order valence-electron chi connectivity index (χ4n) is 3.05. The molecule has 14 heteroatoms. The third-order valence-corrected chi connectivity index (χ3v) is 5.54. The minimum Gasteiger partial charge on any atom is -0.294 e. The van der Waals surface area contributed by atoms with E-state index in [1.165, 1.54) is 23.3 Å². The SMILES string of the molecule is Cn1c(=O)c2c(nnn2Cc2nnc(SCC(=O)NN)n2-c2ccccc2)n(C)c1=O. The molecule has 0 spiro atoms. The lowest BCUT2D eigenvalue weighted by Crippen LogP contribution is -2.37. The molecule has 4 aromatic rings. The van der Waals surface area contributed by atoms with Gasteiger partial charge in [-0.05, 0) is 12.1 Å². The van der Waals surface area contributed by atoms with Gasteiger partial charge in [-0.3, -0.25) is 28.7 Å². The highest BCUT2D eigenvalue weighted by atomic mass is 32.2. The summed E-state index contributed by atoms with van der Waals surface area (Å²) in [7, 11) is 2.91. The van der Waals surface area contributed by atoms with Crippen LogP contribution in [0.3, 0.4) is 0 Å². The van der Waals surface area contributed by atoms with Crippen LogP contribution < -0.4 is 22.5 Å². The number of hydrogen-bond acceptors (Lipinski definition) is 9. The number of hydrazine groups is 1. The van der Waals surface area contributed by atoms with Crippen molar-refractivity contribution in [3.63, 3.8) is 0 Å². The molecule has 1 amide bonds. The van der Waals surface area contributed by atoms with Crippen molar-refractivity contribution in [3.8, 4) is 5.69 Å². The normalized spacial score (nSPS) is 11.2. The van der Waals surface area contributed by atoms with Crippen LogP contribution in [0.15, 0.2) is 45.1 Å². The van der Waals surface area contributed by atoms with Crippen LogP contribution in [0.1, 0.15) is 5.82 Å². The summed E-state index contributed by atoms with van der Waals surface area (Å²) < 4.78 is 5.39. The Hall–Kier alpha value is -3.78. The van der Waals surface area contributed by atoms with E-state index in [1.54, 1.807) is 4.57 Å². The van der Waals surface area contributed by atoms with Crippen molar-refractivity contribution in [3.05, 3.63) is 57.0 Å². The van der Waals surface area contributed by atoms with E-state index in [-0.39, 0.29) is 29.4 Å². The summed E-state index contributed by atoms with van der Waals surface area (Å²) >= 11 is 1.16. The number of aryl methyl sites for hydroxylation is 1. The zero-order valence-corrected chi connectivity index (χ0v) is 17.4. The van der Waals surface area contributed by atoms with E-state index in [0.29, 0.717) is 11.0 Å². The molecule has 13 nitrogen and oxygen atoms in total. The second-order valence-electron chi connectivity index (χ2n) is 6.55. The van der Waals surface area contributed by atoms with Crippen LogP contribution in [-0.2, 0) is 25.4 Å². The number of nitrogens with zero attached hydrogens (tertiary/aromatic N) is 8. The number of benzene rings is 1. The van der Waals surface area contributed by atoms with Crippen LogP contribution in [0.25, 0.3) is 16.9 Å². The fraction of sp³-hybridized carbons (Fsp3) is 0.235. The van der Waals surface area contributed by atoms with Crippen molar-refractivity contribution in [2.75, 3.05) is 5.75 Å². The number of fused-ring (bicyclic) bond motifs is 1. The highest BCUT2D eigenvalue weighted by Crippen LogP contribution is 2.22. The Labute approximate surface area is 178 Å². The van der Waals surface area contributed by atoms with Gasteiger partial charge in [0, 0.05) is 19.8 Å². The van der Waals surface area contributed by atoms with Gasteiger partial charge in [0.25, 0.3) is 5.56 Å². The number of aromatic nitrogens is 8. The van der Waals surface area contributed by atoms with E-state index in [0.717, 1.165) is 22.0 Å². The first kappa shape index (κ1) is 20.5. The topological polar surface area (TPSA) is 161 Å². The molecule has 3 aromatic heterocycles. The quantitative estimate of drug-likeness (QED) is 0.157. The maximum absolute atomic E-state index is 12.7. The molecule has 3 heterocycles. The highest BCUT2D eigenvalue weighted by Gasteiger charge is 2.20. The molecule has 0 saturated heterocycles. The first-order valence-corrected chi connectivity index (χ1v) is 10.0. The Morgan fingerprint density at radius 2 is 1.84 bits per heavy atom. The van der Waals surface area contributed by atoms with Crippen LogP contribution in [0.2, 0.25) is 0 Å². The third-order valence-electron chi connectivity index (χ3n) is 4.62. The standard InChI is InChI=1S/C17H18N10O3S/c1-24-14-13(15(29)25(2)17(24)30)26(23-21-14)8-11-20-22-16(31-9-12(28)19-18)27(11)10-6-4-3-5-7-10/h3-7H,8-9,18H2,1-2H3,(H,19,28). The van der Waals surface area contributed by atoms with E-state index in [9.17, 15) is 14.4 Å². The molecule has 0 fully saturated rings. The second-order valence-corrected chi connectivity index (χ2v) is 7.49. The molecule has 0 aliphatic heterocycles. The van der Waals surface area contributed by atoms with Crippen molar-refractivity contribution >= 4 is 28.8 Å². The summed E-state index contributed by atoms with van der Waals surface area (Å²) in [6, 6.07) is 9.31. The van der Waals surface area contributed by atoms with Crippen LogP contribution in [0, 0.1) is 0 Å². The molecule has 0 saturated carbocycles. The summed E-state index contributed by atoms with van der Waals surface area (Å²) in [6.45, 7) is 0.0650. The molecule has 3 N–H and O–H groups in total. The smallest absolute Gasteiger partial charge is 0.294 e. The summed E-state index contributed by atoms with van der Waals surface area (Å²) in [5.41, 5.74) is 2.18. The average Bonchev–Trinajstić information content (AvgIpc) is 3.39. The zero-order chi connectivity index (χ0) is 22.1. The highest BCUT2D eigenvalue weighted by molar-refractivity contribution is 7.99. The molecule has 0 unspecified atom stereocenters. The number of thioether (sulfide) groups is 1. The van der Waals surface area contributed by atoms with Crippen molar-refractivity contribution in [2.24, 2.45) is 19.9 Å². The zero-order valence-electron chi connectivity index (χ0n) is 16.6. The van der Waals surface area contributed by atoms with E-state index >= 15 is 0 Å². The predicted octanol–water partition coefficient (Wildman–Crippen LogP) is -1.46. The molecule has 160 valence electrons. The first-order chi connectivity index (χ1) is 14.9. The largest absolute Gasteiger partial charge is 0.332 e. The van der Waals surface area contributed by atoms with Crippen LogP contribution >= 0.6 is 11.8 Å². The van der Waals surface area contributed by atoms with Gasteiger partial charge in [-0.25, -0.2) is 15.3 Å². The molecule has 0 aliphatic carbocycles. The van der Waals surface area contributed by atoms with Crippen molar-refractivity contribution in [1.29, 1.82) is 0 Å². The second kappa shape index (κ2) is 8.16. The molecule has 4 rings (SSSR count). The minimum atomic E-state index is -0.511. The number of hydrogen-bond donors (Lipinski definition) is 2. The molecular weight excluding hydrogens is 424 g/mol. The Morgan fingerprint density at radius 1 is 1.10 bits per heavy atom. The van der Waals surface area contributed by atoms with Gasteiger partial charge in [-0.2, -0.15) is 0 Å². The molecule has 1 aromatic carbocycles. The fourth-order valence-corrected chi connectivity index (χ4v) is 3.83. The Bertz CT molecular complexity index is 1390. The van der Waals surface area contributed by atoms with E-state index in [2.05, 4.69) is 25.9 Å². The van der Waals surface area contributed by atoms with Gasteiger partial charge in [0.15, 0.2) is 22.1 Å². The van der Waals surface area contributed by atoms with Gasteiger partial charge in [0.2, 0.25) is 5.91 Å². The molecule has 0 atom stereocenters. The molecule has 31 heavy (non-hydrogen) atoms. The Balaban J connectivity index is 1.81. The summed E-state index contributed by atoms with van der Waals surface area (Å²) in [5, 5.41) is 16.9. The van der Waals surface area contributed by atoms with Gasteiger partial charge < -0.3 is 0 Å². The van der Waals surface area contributed by atoms with E-state index in [4.69, 9.17) is 5.84 Å². The number of rotatable bonds is 6. The van der Waals surface area contributed by atoms with Gasteiger partial charge in [-0.1, -0.05) is 35.2 Å². The number of carbonyl (C=O) groups excluding carboxylic acids is 1. The number of carbonyl (C=O) groups is 1. The summed E-state index contributed by atoms with van der Waals surface area (Å²) in [6.07, 6.45) is 0. The number of amides is 1.